The molecule has 2 heteroatoms. The van der Waals surface area contributed by atoms with Crippen LogP contribution in [0.3, 0.4) is 0 Å². The van der Waals surface area contributed by atoms with Crippen LogP contribution < -0.4 is 0 Å². The van der Waals surface area contributed by atoms with Crippen molar-refractivity contribution in [1.82, 2.24) is 0 Å². The van der Waals surface area contributed by atoms with Gasteiger partial charge < -0.3 is 4.74 Å². The minimum absolute atomic E-state index is 0.258. The average molecular weight is 198 g/mol. The summed E-state index contributed by atoms with van der Waals surface area (Å²) in [5, 5.41) is 0. The molecular weight excluding hydrogens is 176 g/mol. The van der Waals surface area contributed by atoms with Crippen molar-refractivity contribution in [3.8, 4) is 0 Å². The molecule has 0 saturated heterocycles. The van der Waals surface area contributed by atoms with Gasteiger partial charge in [-0.2, -0.15) is 0 Å². The number of hydrogen-bond acceptors (Lipinski definition) is 2. The number of ether oxygens (including phenoxy) is 1. The van der Waals surface area contributed by atoms with Crippen LogP contribution in [-0.4, -0.2) is 19.5 Å². The molecule has 0 fully saturated rings. The Kier molecular flexibility index (Phi) is 7.40. The molecule has 0 rings (SSSR count). The van der Waals surface area contributed by atoms with Gasteiger partial charge in [-0.1, -0.05) is 19.4 Å². The molecule has 82 valence electrons. The number of hydrogen-bond donors (Lipinski definition) is 0. The highest BCUT2D eigenvalue weighted by molar-refractivity contribution is 5.65. The first-order valence-corrected chi connectivity index (χ1v) is 5.23. The Balaban J connectivity index is 3.89. The maximum Gasteiger partial charge on any atom is 0.142 e. The van der Waals surface area contributed by atoms with Crippen molar-refractivity contribution in [3.63, 3.8) is 0 Å². The van der Waals surface area contributed by atoms with Crippen LogP contribution in [0.25, 0.3) is 0 Å². The van der Waals surface area contributed by atoms with E-state index in [4.69, 9.17) is 4.74 Å². The van der Waals surface area contributed by atoms with E-state index in [1.165, 1.54) is 6.42 Å². The fourth-order valence-corrected chi connectivity index (χ4v) is 1.37. The van der Waals surface area contributed by atoms with Gasteiger partial charge in [0.2, 0.25) is 0 Å². The van der Waals surface area contributed by atoms with E-state index in [2.05, 4.69) is 13.8 Å². The van der Waals surface area contributed by atoms with Crippen LogP contribution in [-0.2, 0) is 9.53 Å². The van der Waals surface area contributed by atoms with E-state index in [0.29, 0.717) is 5.92 Å². The Hall–Kier alpha value is -0.630. The van der Waals surface area contributed by atoms with Crippen LogP contribution >= 0.6 is 0 Å². The zero-order chi connectivity index (χ0) is 11.0. The van der Waals surface area contributed by atoms with Crippen LogP contribution in [0, 0.1) is 5.92 Å². The third kappa shape index (κ3) is 6.84. The molecule has 0 aliphatic carbocycles. The van der Waals surface area contributed by atoms with E-state index < -0.39 is 0 Å². The maximum absolute atomic E-state index is 10.2. The minimum Gasteiger partial charge on any atom is -0.381 e. The number of allylic oxidation sites excluding steroid dienone is 1. The molecule has 0 aliphatic rings. The highest BCUT2D eigenvalue weighted by atomic mass is 16.5. The summed E-state index contributed by atoms with van der Waals surface area (Å²) >= 11 is 0. The third-order valence-electron chi connectivity index (χ3n) is 2.30. The molecule has 0 aromatic heterocycles. The molecule has 14 heavy (non-hydrogen) atoms. The number of carbonyl (C=O) groups excluding carboxylic acids is 1. The Bertz CT molecular complexity index is 183. The highest BCUT2D eigenvalue weighted by Gasteiger charge is 2.08. The fourth-order valence-electron chi connectivity index (χ4n) is 1.37. The zero-order valence-corrected chi connectivity index (χ0v) is 9.75. The summed E-state index contributed by atoms with van der Waals surface area (Å²) in [6, 6.07) is 0. The van der Waals surface area contributed by atoms with Gasteiger partial charge in [0.25, 0.3) is 0 Å². The van der Waals surface area contributed by atoms with Crippen molar-refractivity contribution < 1.29 is 9.53 Å². The summed E-state index contributed by atoms with van der Waals surface area (Å²) in [6.45, 7) is 6.39. The standard InChI is InChI=1S/C12H22O2/c1-10(2)5-6-12(14-4)9-11(3)7-8-13/h7-8,10,12H,5-6,9H2,1-4H3/b11-7+. The third-order valence-corrected chi connectivity index (χ3v) is 2.30. The molecule has 1 unspecified atom stereocenters. The van der Waals surface area contributed by atoms with Crippen molar-refractivity contribution in [2.24, 2.45) is 5.92 Å². The summed E-state index contributed by atoms with van der Waals surface area (Å²) in [5.74, 6) is 0.711. The maximum atomic E-state index is 10.2. The van der Waals surface area contributed by atoms with Gasteiger partial charge in [-0.25, -0.2) is 0 Å². The predicted molar refractivity (Wildman–Crippen MR) is 59.3 cm³/mol. The monoisotopic (exact) mass is 198 g/mol. The van der Waals surface area contributed by atoms with E-state index in [-0.39, 0.29) is 6.10 Å². The van der Waals surface area contributed by atoms with Gasteiger partial charge in [0.1, 0.15) is 6.29 Å². The zero-order valence-electron chi connectivity index (χ0n) is 9.75. The second-order valence-corrected chi connectivity index (χ2v) is 4.18. The van der Waals surface area contributed by atoms with Crippen LogP contribution in [0.2, 0.25) is 0 Å². The van der Waals surface area contributed by atoms with Crippen LogP contribution in [0.1, 0.15) is 40.0 Å². The van der Waals surface area contributed by atoms with Crippen molar-refractivity contribution in [1.29, 1.82) is 0 Å². The van der Waals surface area contributed by atoms with E-state index in [0.717, 1.165) is 24.7 Å². The number of aldehydes is 1. The normalized spacial score (nSPS) is 14.5. The SMILES string of the molecule is COC(CCC(C)C)C/C(C)=C/C=O. The Morgan fingerprint density at radius 2 is 2.00 bits per heavy atom. The Labute approximate surface area is 87.3 Å². The lowest BCUT2D eigenvalue weighted by atomic mass is 10.0. The molecular formula is C12H22O2. The van der Waals surface area contributed by atoms with Gasteiger partial charge in [-0.05, 0) is 38.2 Å². The summed E-state index contributed by atoms with van der Waals surface area (Å²) < 4.78 is 5.36. The summed E-state index contributed by atoms with van der Waals surface area (Å²) in [4.78, 5) is 10.2. The van der Waals surface area contributed by atoms with Gasteiger partial charge in [0.05, 0.1) is 6.10 Å². The summed E-state index contributed by atoms with van der Waals surface area (Å²) in [5.41, 5.74) is 1.09. The lowest BCUT2D eigenvalue weighted by Gasteiger charge is -2.16. The molecule has 0 amide bonds. The van der Waals surface area contributed by atoms with Gasteiger partial charge in [0.15, 0.2) is 0 Å². The molecule has 0 radical (unpaired) electrons. The molecule has 0 aromatic rings. The van der Waals surface area contributed by atoms with E-state index in [1.807, 2.05) is 6.92 Å². The first-order chi connectivity index (χ1) is 6.60. The average Bonchev–Trinajstić information content (AvgIpc) is 2.12. The second-order valence-electron chi connectivity index (χ2n) is 4.18. The lowest BCUT2D eigenvalue weighted by molar-refractivity contribution is -0.104. The molecule has 2 nitrogen and oxygen atoms in total. The van der Waals surface area contributed by atoms with Crippen LogP contribution in [0.4, 0.5) is 0 Å². The summed E-state index contributed by atoms with van der Waals surface area (Å²) in [7, 11) is 1.74. The molecule has 0 spiro atoms. The molecule has 0 saturated carbocycles. The quantitative estimate of drug-likeness (QED) is 0.464. The van der Waals surface area contributed by atoms with Crippen LogP contribution in [0.15, 0.2) is 11.6 Å². The van der Waals surface area contributed by atoms with Gasteiger partial charge in [-0.3, -0.25) is 4.79 Å². The summed E-state index contributed by atoms with van der Waals surface area (Å²) in [6.07, 6.45) is 5.81. The van der Waals surface area contributed by atoms with Crippen molar-refractivity contribution in [3.05, 3.63) is 11.6 Å². The van der Waals surface area contributed by atoms with E-state index >= 15 is 0 Å². The van der Waals surface area contributed by atoms with Crippen molar-refractivity contribution in [2.45, 2.75) is 46.1 Å². The lowest BCUT2D eigenvalue weighted by Crippen LogP contribution is -2.12. The topological polar surface area (TPSA) is 26.3 Å². The van der Waals surface area contributed by atoms with Gasteiger partial charge in [-0.15, -0.1) is 0 Å². The number of methoxy groups -OCH3 is 1. The largest absolute Gasteiger partial charge is 0.381 e. The molecule has 0 N–H and O–H groups in total. The Morgan fingerprint density at radius 1 is 1.36 bits per heavy atom. The number of carbonyl (C=O) groups is 1. The van der Waals surface area contributed by atoms with Gasteiger partial charge >= 0.3 is 0 Å². The smallest absolute Gasteiger partial charge is 0.142 e. The van der Waals surface area contributed by atoms with Crippen molar-refractivity contribution >= 4 is 6.29 Å². The first kappa shape index (κ1) is 13.4. The van der Waals surface area contributed by atoms with Crippen molar-refractivity contribution in [2.75, 3.05) is 7.11 Å². The molecule has 0 bridgehead atoms. The fraction of sp³-hybridized carbons (Fsp3) is 0.750. The van der Waals surface area contributed by atoms with Crippen LogP contribution in [0.5, 0.6) is 0 Å². The second kappa shape index (κ2) is 7.74. The Morgan fingerprint density at radius 3 is 2.43 bits per heavy atom. The molecule has 0 heterocycles. The minimum atomic E-state index is 0.258. The predicted octanol–water partition coefficient (Wildman–Crippen LogP) is 2.97. The highest BCUT2D eigenvalue weighted by Crippen LogP contribution is 2.15. The first-order valence-electron chi connectivity index (χ1n) is 5.23. The van der Waals surface area contributed by atoms with E-state index in [1.54, 1.807) is 13.2 Å². The van der Waals surface area contributed by atoms with Gasteiger partial charge in [0, 0.05) is 7.11 Å². The molecule has 0 aromatic carbocycles. The number of rotatable bonds is 7. The molecule has 0 aliphatic heterocycles. The molecule has 1 atom stereocenters. The van der Waals surface area contributed by atoms with E-state index in [9.17, 15) is 4.79 Å².